The first kappa shape index (κ1) is 30.9. The molecule has 0 radical (unpaired) electrons. The van der Waals surface area contributed by atoms with E-state index < -0.39 is 42.3 Å². The molecule has 1 amide bonds. The molecule has 0 bridgehead atoms. The van der Waals surface area contributed by atoms with Crippen LogP contribution >= 0.6 is 0 Å². The van der Waals surface area contributed by atoms with Crippen LogP contribution in [-0.2, 0) is 27.3 Å². The van der Waals surface area contributed by atoms with E-state index in [9.17, 15) is 32.3 Å². The summed E-state index contributed by atoms with van der Waals surface area (Å²) in [6.07, 6.45) is -1.40. The number of hydrogen-bond donors (Lipinski definition) is 1. The van der Waals surface area contributed by atoms with Crippen LogP contribution in [0.15, 0.2) is 42.5 Å². The van der Waals surface area contributed by atoms with Crippen LogP contribution in [0.5, 0.6) is 5.75 Å². The van der Waals surface area contributed by atoms with Gasteiger partial charge >= 0.3 is 12.1 Å². The Kier molecular flexibility index (Phi) is 12.3. The van der Waals surface area contributed by atoms with E-state index >= 15 is 0 Å². The summed E-state index contributed by atoms with van der Waals surface area (Å²) in [7, 11) is 0. The van der Waals surface area contributed by atoms with E-state index in [4.69, 9.17) is 14.2 Å². The summed E-state index contributed by atoms with van der Waals surface area (Å²) in [6, 6.07) is 9.63. The smallest absolute Gasteiger partial charge is 0.410 e. The Morgan fingerprint density at radius 1 is 1.05 bits per heavy atom. The van der Waals surface area contributed by atoms with Crippen molar-refractivity contribution in [3.8, 4) is 5.75 Å². The Labute approximate surface area is 219 Å². The molecule has 0 saturated carbocycles. The molecule has 0 fully saturated rings. The van der Waals surface area contributed by atoms with E-state index in [1.54, 1.807) is 31.2 Å². The van der Waals surface area contributed by atoms with Crippen LogP contribution < -0.4 is 4.74 Å². The average molecular weight is 544 g/mol. The molecule has 0 aliphatic carbocycles. The fraction of sp³-hybridized carbons (Fsp3) is 0.481. The molecule has 210 valence electrons. The predicted octanol–water partition coefficient (Wildman–Crippen LogP) is 5.84. The van der Waals surface area contributed by atoms with E-state index in [0.29, 0.717) is 18.2 Å². The normalized spacial score (nSPS) is 12.2. The molecular weight excluding hydrogens is 510 g/mol. The number of benzene rings is 2. The number of hydrogen-bond acceptors (Lipinski definition) is 5. The zero-order chi connectivity index (χ0) is 28.1. The molecule has 0 heterocycles. The van der Waals surface area contributed by atoms with Crippen LogP contribution in [0.4, 0.5) is 22.4 Å². The molecule has 0 spiro atoms. The molecule has 2 aromatic carbocycles. The van der Waals surface area contributed by atoms with Gasteiger partial charge in [0.2, 0.25) is 5.92 Å². The van der Waals surface area contributed by atoms with Gasteiger partial charge in [0, 0.05) is 37.6 Å². The van der Waals surface area contributed by atoms with Crippen LogP contribution in [0.3, 0.4) is 0 Å². The van der Waals surface area contributed by atoms with Gasteiger partial charge in [0.15, 0.2) is 6.10 Å². The second-order valence-electron chi connectivity index (χ2n) is 8.78. The summed E-state index contributed by atoms with van der Waals surface area (Å²) in [5, 5.41) is 9.21. The highest BCUT2D eigenvalue weighted by Gasteiger charge is 2.22. The van der Waals surface area contributed by atoms with Gasteiger partial charge in [0.1, 0.15) is 30.6 Å². The summed E-state index contributed by atoms with van der Waals surface area (Å²) in [4.78, 5) is 25.2. The zero-order valence-electron chi connectivity index (χ0n) is 21.4. The van der Waals surface area contributed by atoms with Crippen molar-refractivity contribution in [2.45, 2.75) is 58.2 Å². The van der Waals surface area contributed by atoms with Gasteiger partial charge in [-0.15, -0.1) is 0 Å². The summed E-state index contributed by atoms with van der Waals surface area (Å²) in [6.45, 7) is 2.64. The van der Waals surface area contributed by atoms with Crippen LogP contribution in [-0.4, -0.2) is 60.4 Å². The molecule has 7 nitrogen and oxygen atoms in total. The first-order valence-electron chi connectivity index (χ1n) is 12.3. The second kappa shape index (κ2) is 15.2. The number of halogens is 4. The van der Waals surface area contributed by atoms with Gasteiger partial charge in [-0.25, -0.2) is 27.2 Å². The van der Waals surface area contributed by atoms with Crippen LogP contribution in [0, 0.1) is 11.6 Å². The monoisotopic (exact) mass is 543 g/mol. The Hall–Kier alpha value is -3.34. The van der Waals surface area contributed by atoms with Gasteiger partial charge in [-0.3, -0.25) is 0 Å². The average Bonchev–Trinajstić information content (AvgIpc) is 2.84. The van der Waals surface area contributed by atoms with Crippen molar-refractivity contribution >= 4 is 12.1 Å². The molecule has 1 N–H and O–H groups in total. The first-order chi connectivity index (χ1) is 18.0. The highest BCUT2D eigenvalue weighted by Crippen LogP contribution is 2.20. The summed E-state index contributed by atoms with van der Waals surface area (Å²) >= 11 is 0. The lowest BCUT2D eigenvalue weighted by molar-refractivity contribution is -0.149. The summed E-state index contributed by atoms with van der Waals surface area (Å²) in [5.74, 6) is -4.99. The molecule has 0 aliphatic rings. The third-order valence-corrected chi connectivity index (χ3v) is 5.54. The van der Waals surface area contributed by atoms with Gasteiger partial charge in [0.25, 0.3) is 0 Å². The molecule has 0 aromatic heterocycles. The quantitative estimate of drug-likeness (QED) is 0.212. The number of amides is 1. The largest absolute Gasteiger partial charge is 0.492 e. The van der Waals surface area contributed by atoms with Crippen molar-refractivity contribution in [3.63, 3.8) is 0 Å². The molecule has 0 aliphatic heterocycles. The van der Waals surface area contributed by atoms with E-state index in [1.807, 2.05) is 0 Å². The number of rotatable bonds is 16. The van der Waals surface area contributed by atoms with E-state index in [1.165, 1.54) is 11.0 Å². The maximum absolute atomic E-state index is 13.9. The number of nitrogens with zero attached hydrogens (tertiary/aromatic N) is 1. The number of carbonyl (C=O) groups is 2. The maximum Gasteiger partial charge on any atom is 0.410 e. The van der Waals surface area contributed by atoms with Crippen LogP contribution in [0.1, 0.15) is 44.2 Å². The highest BCUT2D eigenvalue weighted by molar-refractivity contribution is 5.72. The molecule has 11 heteroatoms. The van der Waals surface area contributed by atoms with Crippen molar-refractivity contribution < 1.29 is 46.5 Å². The molecule has 1 atom stereocenters. The minimum Gasteiger partial charge on any atom is -0.492 e. The van der Waals surface area contributed by atoms with E-state index in [-0.39, 0.29) is 51.1 Å². The SMILES string of the molecule is CCOC(Cc1ccc(OCCN(CCCCC(C)(F)F)C(=O)OCc2ccc(F)cc2F)cc1)C(=O)O. The fourth-order valence-corrected chi connectivity index (χ4v) is 3.53. The molecule has 38 heavy (non-hydrogen) atoms. The molecule has 2 rings (SSSR count). The lowest BCUT2D eigenvalue weighted by Crippen LogP contribution is -2.36. The standard InChI is InChI=1S/C27H33F4NO6/c1-3-36-24(25(33)34)16-19-6-10-22(11-7-19)37-15-14-32(13-5-4-12-27(2,30)31)26(35)38-18-20-8-9-21(28)17-23(20)29/h6-11,17,24H,3-5,12-16,18H2,1-2H3,(H,33,34). The van der Waals surface area contributed by atoms with Crippen LogP contribution in [0.25, 0.3) is 0 Å². The van der Waals surface area contributed by atoms with Gasteiger partial charge in [0.05, 0.1) is 6.54 Å². The minimum atomic E-state index is -2.81. The topological polar surface area (TPSA) is 85.3 Å². The second-order valence-corrected chi connectivity index (χ2v) is 8.78. The maximum atomic E-state index is 13.9. The Bertz CT molecular complexity index is 1030. The predicted molar refractivity (Wildman–Crippen MR) is 131 cm³/mol. The van der Waals surface area contributed by atoms with Gasteiger partial charge < -0.3 is 24.2 Å². The fourth-order valence-electron chi connectivity index (χ4n) is 3.53. The van der Waals surface area contributed by atoms with E-state index in [2.05, 4.69) is 0 Å². The Balaban J connectivity index is 1.92. The highest BCUT2D eigenvalue weighted by atomic mass is 19.3. The molecule has 1 unspecified atom stereocenters. The number of carbonyl (C=O) groups excluding carboxylic acids is 1. The summed E-state index contributed by atoms with van der Waals surface area (Å²) in [5.41, 5.74) is 0.736. The number of alkyl halides is 2. The summed E-state index contributed by atoms with van der Waals surface area (Å²) < 4.78 is 69.3. The zero-order valence-corrected chi connectivity index (χ0v) is 21.4. The molecular formula is C27H33F4NO6. The van der Waals surface area contributed by atoms with Crippen LogP contribution in [0.2, 0.25) is 0 Å². The third-order valence-electron chi connectivity index (χ3n) is 5.54. The van der Waals surface area contributed by atoms with Crippen molar-refractivity contribution in [2.75, 3.05) is 26.3 Å². The molecule has 2 aromatic rings. The minimum absolute atomic E-state index is 0.00358. The number of aliphatic carboxylic acids is 1. The Morgan fingerprint density at radius 2 is 1.76 bits per heavy atom. The lowest BCUT2D eigenvalue weighted by atomic mass is 10.1. The molecule has 0 saturated heterocycles. The van der Waals surface area contributed by atoms with Gasteiger partial charge in [-0.1, -0.05) is 12.1 Å². The number of unbranched alkanes of at least 4 members (excludes halogenated alkanes) is 1. The lowest BCUT2D eigenvalue weighted by Gasteiger charge is -2.23. The number of carboxylic acid groups (broad SMARTS) is 1. The van der Waals surface area contributed by atoms with Gasteiger partial charge in [-0.05, 0) is 56.5 Å². The number of carboxylic acids is 1. The third kappa shape index (κ3) is 11.4. The Morgan fingerprint density at radius 3 is 2.37 bits per heavy atom. The van der Waals surface area contributed by atoms with Crippen molar-refractivity contribution in [3.05, 3.63) is 65.2 Å². The van der Waals surface area contributed by atoms with E-state index in [0.717, 1.165) is 18.6 Å². The van der Waals surface area contributed by atoms with Crippen molar-refractivity contribution in [1.29, 1.82) is 0 Å². The number of ether oxygens (including phenoxy) is 3. The van der Waals surface area contributed by atoms with Gasteiger partial charge in [-0.2, -0.15) is 0 Å². The first-order valence-corrected chi connectivity index (χ1v) is 12.3. The van der Waals surface area contributed by atoms with Crippen molar-refractivity contribution in [1.82, 2.24) is 4.90 Å². The van der Waals surface area contributed by atoms with Crippen molar-refractivity contribution in [2.24, 2.45) is 0 Å².